The SMILES string of the molecule is CN(Cc1cccc2c1C(=O)N(C1CCC(=O)NC1=O)C2)C1CNCCOC1. The average Bonchev–Trinajstić information content (AvgIpc) is 2.85. The van der Waals surface area contributed by atoms with Gasteiger partial charge in [0.05, 0.1) is 13.2 Å². The standard InChI is InChI=1S/C20H26N4O4/c1-23(15-9-21-7-8-28-12-15)10-13-3-2-4-14-11-24(20(27)18(13)14)16-5-6-17(25)22-19(16)26/h2-4,15-16,21H,5-12H2,1H3,(H,22,25,26). The number of hydrogen-bond acceptors (Lipinski definition) is 6. The first-order chi connectivity index (χ1) is 13.5. The van der Waals surface area contributed by atoms with E-state index in [4.69, 9.17) is 4.74 Å². The Hall–Kier alpha value is -2.29. The molecule has 150 valence electrons. The maximum Gasteiger partial charge on any atom is 0.255 e. The van der Waals surface area contributed by atoms with E-state index in [-0.39, 0.29) is 30.2 Å². The lowest BCUT2D eigenvalue weighted by atomic mass is 10.0. The van der Waals surface area contributed by atoms with Gasteiger partial charge in [-0.15, -0.1) is 0 Å². The molecule has 3 aliphatic rings. The molecule has 3 heterocycles. The Morgan fingerprint density at radius 1 is 1.29 bits per heavy atom. The summed E-state index contributed by atoms with van der Waals surface area (Å²) in [5.74, 6) is -0.770. The molecule has 0 aliphatic carbocycles. The Labute approximate surface area is 164 Å². The van der Waals surface area contributed by atoms with Crippen molar-refractivity contribution >= 4 is 17.7 Å². The van der Waals surface area contributed by atoms with E-state index in [1.165, 1.54) is 0 Å². The fourth-order valence-corrected chi connectivity index (χ4v) is 4.19. The minimum atomic E-state index is -0.581. The van der Waals surface area contributed by atoms with Crippen LogP contribution in [0.3, 0.4) is 0 Å². The number of benzene rings is 1. The quantitative estimate of drug-likeness (QED) is 0.701. The molecule has 2 atom stereocenters. The largest absolute Gasteiger partial charge is 0.378 e. The van der Waals surface area contributed by atoms with Gasteiger partial charge in [0.2, 0.25) is 11.8 Å². The Morgan fingerprint density at radius 2 is 2.14 bits per heavy atom. The van der Waals surface area contributed by atoms with Gasteiger partial charge < -0.3 is 15.0 Å². The monoisotopic (exact) mass is 386 g/mol. The third kappa shape index (κ3) is 3.67. The van der Waals surface area contributed by atoms with Crippen LogP contribution in [0.2, 0.25) is 0 Å². The number of likely N-dealkylation sites (N-methyl/N-ethyl adjacent to an activating group) is 1. The van der Waals surface area contributed by atoms with Crippen LogP contribution in [-0.2, 0) is 27.4 Å². The molecule has 0 saturated carbocycles. The number of piperidine rings is 1. The smallest absolute Gasteiger partial charge is 0.255 e. The van der Waals surface area contributed by atoms with Crippen molar-refractivity contribution in [3.63, 3.8) is 0 Å². The van der Waals surface area contributed by atoms with Crippen molar-refractivity contribution < 1.29 is 19.1 Å². The third-order valence-corrected chi connectivity index (χ3v) is 5.80. The first-order valence-electron chi connectivity index (χ1n) is 9.78. The summed E-state index contributed by atoms with van der Waals surface area (Å²) in [5.41, 5.74) is 2.60. The van der Waals surface area contributed by atoms with Crippen molar-refractivity contribution in [1.29, 1.82) is 0 Å². The van der Waals surface area contributed by atoms with Gasteiger partial charge in [0, 0.05) is 44.2 Å². The molecule has 2 fully saturated rings. The summed E-state index contributed by atoms with van der Waals surface area (Å²) < 4.78 is 5.65. The molecule has 2 unspecified atom stereocenters. The van der Waals surface area contributed by atoms with E-state index in [0.29, 0.717) is 38.3 Å². The number of fused-ring (bicyclic) bond motifs is 1. The Bertz CT molecular complexity index is 788. The van der Waals surface area contributed by atoms with Crippen LogP contribution in [0.4, 0.5) is 0 Å². The van der Waals surface area contributed by atoms with Crippen LogP contribution in [0.15, 0.2) is 18.2 Å². The molecule has 28 heavy (non-hydrogen) atoms. The van der Waals surface area contributed by atoms with Crippen LogP contribution < -0.4 is 10.6 Å². The molecule has 0 aromatic heterocycles. The van der Waals surface area contributed by atoms with Crippen molar-refractivity contribution in [3.05, 3.63) is 34.9 Å². The van der Waals surface area contributed by atoms with Gasteiger partial charge in [0.15, 0.2) is 0 Å². The number of nitrogens with one attached hydrogen (secondary N) is 2. The highest BCUT2D eigenvalue weighted by molar-refractivity contribution is 6.05. The maximum atomic E-state index is 13.2. The van der Waals surface area contributed by atoms with Crippen molar-refractivity contribution in [2.45, 2.75) is 38.0 Å². The van der Waals surface area contributed by atoms with E-state index >= 15 is 0 Å². The predicted octanol–water partition coefficient (Wildman–Crippen LogP) is -0.132. The third-order valence-electron chi connectivity index (χ3n) is 5.80. The van der Waals surface area contributed by atoms with E-state index in [2.05, 4.69) is 15.5 Å². The maximum absolute atomic E-state index is 13.2. The molecule has 2 saturated heterocycles. The average molecular weight is 386 g/mol. The summed E-state index contributed by atoms with van der Waals surface area (Å²) in [7, 11) is 2.04. The zero-order valence-corrected chi connectivity index (χ0v) is 16.1. The van der Waals surface area contributed by atoms with E-state index in [0.717, 1.165) is 24.2 Å². The Balaban J connectivity index is 1.51. The van der Waals surface area contributed by atoms with Gasteiger partial charge in [-0.05, 0) is 24.6 Å². The highest BCUT2D eigenvalue weighted by Gasteiger charge is 2.40. The second-order valence-corrected chi connectivity index (χ2v) is 7.70. The van der Waals surface area contributed by atoms with Gasteiger partial charge >= 0.3 is 0 Å². The lowest BCUT2D eigenvalue weighted by Crippen LogP contribution is -2.52. The molecule has 8 heteroatoms. The molecule has 2 N–H and O–H groups in total. The summed E-state index contributed by atoms with van der Waals surface area (Å²) in [4.78, 5) is 40.6. The zero-order chi connectivity index (χ0) is 19.7. The predicted molar refractivity (Wildman–Crippen MR) is 101 cm³/mol. The van der Waals surface area contributed by atoms with Crippen molar-refractivity contribution in [2.24, 2.45) is 0 Å². The van der Waals surface area contributed by atoms with Crippen LogP contribution in [0.25, 0.3) is 0 Å². The van der Waals surface area contributed by atoms with Gasteiger partial charge in [-0.1, -0.05) is 18.2 Å². The number of imide groups is 1. The molecule has 0 radical (unpaired) electrons. The fraction of sp³-hybridized carbons (Fsp3) is 0.550. The number of rotatable bonds is 4. The summed E-state index contributed by atoms with van der Waals surface area (Å²) in [6.45, 7) is 4.12. The molecular weight excluding hydrogens is 360 g/mol. The van der Waals surface area contributed by atoms with E-state index < -0.39 is 6.04 Å². The molecule has 1 aromatic carbocycles. The van der Waals surface area contributed by atoms with Gasteiger partial charge in [-0.2, -0.15) is 0 Å². The lowest BCUT2D eigenvalue weighted by Gasteiger charge is -2.29. The highest BCUT2D eigenvalue weighted by atomic mass is 16.5. The Morgan fingerprint density at radius 3 is 2.96 bits per heavy atom. The van der Waals surface area contributed by atoms with Crippen LogP contribution >= 0.6 is 0 Å². The first-order valence-corrected chi connectivity index (χ1v) is 9.78. The topological polar surface area (TPSA) is 91.0 Å². The molecular formula is C20H26N4O4. The van der Waals surface area contributed by atoms with E-state index in [9.17, 15) is 14.4 Å². The zero-order valence-electron chi connectivity index (χ0n) is 16.1. The summed E-state index contributed by atoms with van der Waals surface area (Å²) >= 11 is 0. The molecule has 4 rings (SSSR count). The van der Waals surface area contributed by atoms with Gasteiger partial charge in [-0.3, -0.25) is 24.6 Å². The number of ether oxygens (including phenoxy) is 1. The van der Waals surface area contributed by atoms with Crippen LogP contribution in [-0.4, -0.2) is 73.0 Å². The Kier molecular flexibility index (Phi) is 5.43. The lowest BCUT2D eigenvalue weighted by molar-refractivity contribution is -0.136. The summed E-state index contributed by atoms with van der Waals surface area (Å²) in [5, 5.41) is 5.72. The normalized spacial score (nSPS) is 25.6. The molecule has 3 aliphatic heterocycles. The van der Waals surface area contributed by atoms with Gasteiger partial charge in [0.1, 0.15) is 6.04 Å². The molecule has 1 aromatic rings. The number of nitrogens with zero attached hydrogens (tertiary/aromatic N) is 2. The highest BCUT2D eigenvalue weighted by Crippen LogP contribution is 2.30. The summed E-state index contributed by atoms with van der Waals surface area (Å²) in [6, 6.07) is 5.54. The fourth-order valence-electron chi connectivity index (χ4n) is 4.19. The minimum absolute atomic E-state index is 0.122. The second-order valence-electron chi connectivity index (χ2n) is 7.70. The van der Waals surface area contributed by atoms with E-state index in [1.807, 2.05) is 25.2 Å². The van der Waals surface area contributed by atoms with Gasteiger partial charge in [-0.25, -0.2) is 0 Å². The van der Waals surface area contributed by atoms with E-state index in [1.54, 1.807) is 4.90 Å². The van der Waals surface area contributed by atoms with Crippen LogP contribution in [0.1, 0.15) is 34.3 Å². The van der Waals surface area contributed by atoms with Crippen LogP contribution in [0, 0.1) is 0 Å². The molecule has 0 spiro atoms. The number of carbonyl (C=O) groups excluding carboxylic acids is 3. The van der Waals surface area contributed by atoms with Crippen LogP contribution in [0.5, 0.6) is 0 Å². The first kappa shape index (κ1) is 19.0. The number of carbonyl (C=O) groups is 3. The second kappa shape index (κ2) is 7.98. The molecule has 8 nitrogen and oxygen atoms in total. The van der Waals surface area contributed by atoms with Gasteiger partial charge in [0.25, 0.3) is 5.91 Å². The van der Waals surface area contributed by atoms with Crippen molar-refractivity contribution in [3.8, 4) is 0 Å². The van der Waals surface area contributed by atoms with Crippen molar-refractivity contribution in [2.75, 3.05) is 33.4 Å². The minimum Gasteiger partial charge on any atom is -0.378 e. The number of hydrogen-bond donors (Lipinski definition) is 2. The molecule has 3 amide bonds. The number of amides is 3. The van der Waals surface area contributed by atoms with Crippen molar-refractivity contribution in [1.82, 2.24) is 20.4 Å². The molecule has 0 bridgehead atoms. The summed E-state index contributed by atoms with van der Waals surface area (Å²) in [6.07, 6.45) is 0.644.